The number of likely N-dealkylation sites (tertiary alicyclic amines) is 1. The van der Waals surface area contributed by atoms with Gasteiger partial charge < -0.3 is 14.4 Å². The van der Waals surface area contributed by atoms with E-state index in [0.29, 0.717) is 50.0 Å². The van der Waals surface area contributed by atoms with Gasteiger partial charge in [0, 0.05) is 38.0 Å². The molecule has 3 saturated heterocycles. The second-order valence-corrected chi connectivity index (χ2v) is 10.6. The third kappa shape index (κ3) is 4.42. The summed E-state index contributed by atoms with van der Waals surface area (Å²) in [5.74, 6) is 0.443. The van der Waals surface area contributed by atoms with E-state index < -0.39 is 10.0 Å². The van der Waals surface area contributed by atoms with Crippen LogP contribution in [0.2, 0.25) is 0 Å². The van der Waals surface area contributed by atoms with Crippen molar-refractivity contribution in [2.75, 3.05) is 39.4 Å². The molecule has 3 heterocycles. The zero-order valence-corrected chi connectivity index (χ0v) is 18.7. The third-order valence-electron chi connectivity index (χ3n) is 6.80. The molecule has 1 aromatic rings. The predicted molar refractivity (Wildman–Crippen MR) is 112 cm³/mol. The van der Waals surface area contributed by atoms with E-state index in [2.05, 4.69) is 0 Å². The maximum absolute atomic E-state index is 13.0. The summed E-state index contributed by atoms with van der Waals surface area (Å²) < 4.78 is 38.7. The maximum atomic E-state index is 13.0. The lowest BCUT2D eigenvalue weighted by Gasteiger charge is -2.37. The molecule has 7 nitrogen and oxygen atoms in total. The molecule has 30 heavy (non-hydrogen) atoms. The van der Waals surface area contributed by atoms with E-state index in [9.17, 15) is 13.2 Å². The molecule has 3 aliphatic heterocycles. The Kier molecular flexibility index (Phi) is 6.48. The fourth-order valence-electron chi connectivity index (χ4n) is 4.67. The number of ether oxygens (including phenoxy) is 2. The van der Waals surface area contributed by atoms with Crippen LogP contribution in [0.15, 0.2) is 23.1 Å². The van der Waals surface area contributed by atoms with Crippen molar-refractivity contribution in [1.82, 2.24) is 9.21 Å². The average molecular weight is 437 g/mol. The van der Waals surface area contributed by atoms with Crippen LogP contribution < -0.4 is 0 Å². The van der Waals surface area contributed by atoms with E-state index in [-0.39, 0.29) is 18.1 Å². The maximum Gasteiger partial charge on any atom is 0.243 e. The quantitative estimate of drug-likeness (QED) is 0.724. The molecule has 0 unspecified atom stereocenters. The molecule has 0 N–H and O–H groups in total. The van der Waals surface area contributed by atoms with Gasteiger partial charge in [0.05, 0.1) is 18.1 Å². The lowest BCUT2D eigenvalue weighted by atomic mass is 9.92. The van der Waals surface area contributed by atoms with Gasteiger partial charge in [-0.2, -0.15) is 4.31 Å². The number of carbonyl (C=O) groups is 1. The highest BCUT2D eigenvalue weighted by atomic mass is 32.2. The number of amides is 1. The van der Waals surface area contributed by atoms with Crippen LogP contribution in [-0.2, 0) is 24.3 Å². The minimum atomic E-state index is -3.51. The fraction of sp³-hybridized carbons (Fsp3) is 0.682. The van der Waals surface area contributed by atoms with E-state index in [1.165, 1.54) is 4.31 Å². The van der Waals surface area contributed by atoms with Crippen molar-refractivity contribution in [2.24, 2.45) is 11.8 Å². The van der Waals surface area contributed by atoms with Crippen LogP contribution in [0.25, 0.3) is 0 Å². The monoisotopic (exact) mass is 436 g/mol. The molecule has 8 heteroatoms. The van der Waals surface area contributed by atoms with Crippen molar-refractivity contribution >= 4 is 15.9 Å². The summed E-state index contributed by atoms with van der Waals surface area (Å²) in [4.78, 5) is 15.3. The summed E-state index contributed by atoms with van der Waals surface area (Å²) >= 11 is 0. The van der Waals surface area contributed by atoms with Gasteiger partial charge in [-0.05, 0) is 62.8 Å². The molecule has 0 aliphatic carbocycles. The first kappa shape index (κ1) is 21.7. The molecule has 0 bridgehead atoms. The van der Waals surface area contributed by atoms with E-state index in [1.54, 1.807) is 12.1 Å². The van der Waals surface area contributed by atoms with Gasteiger partial charge in [-0.15, -0.1) is 0 Å². The first-order valence-electron chi connectivity index (χ1n) is 11.0. The molecule has 0 aromatic heterocycles. The Morgan fingerprint density at radius 2 is 1.57 bits per heavy atom. The summed E-state index contributed by atoms with van der Waals surface area (Å²) in [6.45, 7) is 7.47. The standard InChI is InChI=1S/C22H32N2O5S/c1-16-3-4-20(15-17(16)2)30(26,27)24-11-7-18(8-12-24)21(25)23-9-5-19(6-10-23)22-28-13-14-29-22/h3-4,15,18-19,22H,5-14H2,1-2H3. The molecule has 3 aliphatic rings. The first-order valence-corrected chi connectivity index (χ1v) is 12.4. The van der Waals surface area contributed by atoms with Crippen LogP contribution in [-0.4, -0.2) is 69.2 Å². The number of sulfonamides is 1. The number of hydrogen-bond acceptors (Lipinski definition) is 5. The number of hydrogen-bond donors (Lipinski definition) is 0. The summed E-state index contributed by atoms with van der Waals surface area (Å²) in [7, 11) is -3.51. The summed E-state index contributed by atoms with van der Waals surface area (Å²) in [6.07, 6.45) is 2.85. The zero-order valence-electron chi connectivity index (χ0n) is 17.9. The van der Waals surface area contributed by atoms with Crippen molar-refractivity contribution in [3.8, 4) is 0 Å². The van der Waals surface area contributed by atoms with Crippen molar-refractivity contribution in [2.45, 2.75) is 50.7 Å². The van der Waals surface area contributed by atoms with Gasteiger partial charge in [0.2, 0.25) is 15.9 Å². The number of aryl methyl sites for hydroxylation is 2. The Balaban J connectivity index is 1.30. The minimum absolute atomic E-state index is 0.0910. The molecule has 0 saturated carbocycles. The highest BCUT2D eigenvalue weighted by molar-refractivity contribution is 7.89. The Bertz CT molecular complexity index is 866. The average Bonchev–Trinajstić information content (AvgIpc) is 3.30. The molecule has 0 atom stereocenters. The Labute approximate surface area is 179 Å². The van der Waals surface area contributed by atoms with Crippen LogP contribution in [0.1, 0.15) is 36.8 Å². The van der Waals surface area contributed by atoms with Gasteiger partial charge in [-0.25, -0.2) is 8.42 Å². The molecule has 1 amide bonds. The summed E-state index contributed by atoms with van der Waals surface area (Å²) in [6, 6.07) is 5.27. The number of rotatable bonds is 4. The van der Waals surface area contributed by atoms with Gasteiger partial charge in [0.1, 0.15) is 0 Å². The van der Waals surface area contributed by atoms with Crippen LogP contribution >= 0.6 is 0 Å². The highest BCUT2D eigenvalue weighted by Crippen LogP contribution is 2.29. The Hall–Kier alpha value is -1.48. The number of carbonyl (C=O) groups excluding carboxylic acids is 1. The number of benzene rings is 1. The fourth-order valence-corrected chi connectivity index (χ4v) is 6.22. The van der Waals surface area contributed by atoms with E-state index >= 15 is 0 Å². The van der Waals surface area contributed by atoms with E-state index in [0.717, 1.165) is 37.1 Å². The normalized spacial score (nSPS) is 23.2. The minimum Gasteiger partial charge on any atom is -0.350 e. The summed E-state index contributed by atoms with van der Waals surface area (Å²) in [5.41, 5.74) is 2.05. The predicted octanol–water partition coefficient (Wildman–Crippen LogP) is 2.32. The molecular weight excluding hydrogens is 404 g/mol. The van der Waals surface area contributed by atoms with E-state index in [1.807, 2.05) is 24.8 Å². The van der Waals surface area contributed by atoms with Gasteiger partial charge in [0.15, 0.2) is 6.29 Å². The van der Waals surface area contributed by atoms with Gasteiger partial charge in [-0.3, -0.25) is 4.79 Å². The molecular formula is C22H32N2O5S. The molecule has 4 rings (SSSR count). The van der Waals surface area contributed by atoms with Crippen molar-refractivity contribution in [1.29, 1.82) is 0 Å². The second-order valence-electron chi connectivity index (χ2n) is 8.70. The zero-order chi connectivity index (χ0) is 21.3. The van der Waals surface area contributed by atoms with Crippen LogP contribution in [0, 0.1) is 25.7 Å². The Morgan fingerprint density at radius 1 is 0.933 bits per heavy atom. The first-order chi connectivity index (χ1) is 14.4. The second kappa shape index (κ2) is 8.94. The van der Waals surface area contributed by atoms with Crippen LogP contribution in [0.3, 0.4) is 0 Å². The summed E-state index contributed by atoms with van der Waals surface area (Å²) in [5, 5.41) is 0. The van der Waals surface area contributed by atoms with Crippen molar-refractivity contribution in [3.63, 3.8) is 0 Å². The van der Waals surface area contributed by atoms with E-state index in [4.69, 9.17) is 9.47 Å². The molecule has 166 valence electrons. The van der Waals surface area contributed by atoms with Crippen molar-refractivity contribution in [3.05, 3.63) is 29.3 Å². The molecule has 0 radical (unpaired) electrons. The third-order valence-corrected chi connectivity index (χ3v) is 8.70. The van der Waals surface area contributed by atoms with Gasteiger partial charge in [0.25, 0.3) is 0 Å². The molecule has 1 aromatic carbocycles. The molecule has 0 spiro atoms. The highest BCUT2D eigenvalue weighted by Gasteiger charge is 2.36. The molecule has 3 fully saturated rings. The van der Waals surface area contributed by atoms with Gasteiger partial charge >= 0.3 is 0 Å². The lowest BCUT2D eigenvalue weighted by molar-refractivity contribution is -0.142. The van der Waals surface area contributed by atoms with Crippen molar-refractivity contribution < 1.29 is 22.7 Å². The number of piperidine rings is 2. The van der Waals surface area contributed by atoms with Crippen LogP contribution in [0.5, 0.6) is 0 Å². The SMILES string of the molecule is Cc1ccc(S(=O)(=O)N2CCC(C(=O)N3CCC(C4OCCO4)CC3)CC2)cc1C. The lowest BCUT2D eigenvalue weighted by Crippen LogP contribution is -2.47. The Morgan fingerprint density at radius 3 is 2.17 bits per heavy atom. The smallest absolute Gasteiger partial charge is 0.243 e. The van der Waals surface area contributed by atoms with Gasteiger partial charge in [-0.1, -0.05) is 6.07 Å². The topological polar surface area (TPSA) is 76.2 Å². The van der Waals surface area contributed by atoms with Crippen LogP contribution in [0.4, 0.5) is 0 Å². The largest absolute Gasteiger partial charge is 0.350 e. The number of nitrogens with zero attached hydrogens (tertiary/aromatic N) is 2.